The molecule has 0 fully saturated rings. The van der Waals surface area contributed by atoms with Gasteiger partial charge in [0.1, 0.15) is 15.8 Å². The summed E-state index contributed by atoms with van der Waals surface area (Å²) in [7, 11) is 0. The second-order valence-corrected chi connectivity index (χ2v) is 6.81. The number of rotatable bonds is 2. The molecule has 0 saturated carbocycles. The van der Waals surface area contributed by atoms with Crippen LogP contribution in [0.5, 0.6) is 0 Å². The highest BCUT2D eigenvalue weighted by atomic mass is 35.5. The lowest BCUT2D eigenvalue weighted by Gasteiger charge is -2.02. The summed E-state index contributed by atoms with van der Waals surface area (Å²) < 4.78 is 12.9. The smallest absolute Gasteiger partial charge is 0.173 e. The van der Waals surface area contributed by atoms with Crippen LogP contribution in [0.15, 0.2) is 24.3 Å². The van der Waals surface area contributed by atoms with E-state index >= 15 is 0 Å². The van der Waals surface area contributed by atoms with E-state index in [0.717, 1.165) is 26.2 Å². The summed E-state index contributed by atoms with van der Waals surface area (Å²) in [5, 5.41) is 1.63. The van der Waals surface area contributed by atoms with Crippen molar-refractivity contribution >= 4 is 55.9 Å². The molecule has 0 unspecified atom stereocenters. The molecule has 3 rings (SSSR count). The zero-order valence-corrected chi connectivity index (χ0v) is 14.2. The van der Waals surface area contributed by atoms with E-state index in [-0.39, 0.29) is 5.82 Å². The molecule has 0 saturated heterocycles. The lowest BCUT2D eigenvalue weighted by Crippen LogP contribution is -1.92. The molecular formula is C16H11Cl2FN2S. The molecule has 0 aliphatic rings. The van der Waals surface area contributed by atoms with Crippen molar-refractivity contribution in [3.05, 3.63) is 57.1 Å². The number of hydrogen-bond donors (Lipinski definition) is 0. The van der Waals surface area contributed by atoms with E-state index in [1.54, 1.807) is 29.5 Å². The van der Waals surface area contributed by atoms with Gasteiger partial charge in [0, 0.05) is 4.88 Å². The van der Waals surface area contributed by atoms with Crippen molar-refractivity contribution < 1.29 is 4.39 Å². The normalized spacial score (nSPS) is 12.1. The van der Waals surface area contributed by atoms with Crippen molar-refractivity contribution in [1.29, 1.82) is 0 Å². The number of aromatic nitrogens is 2. The van der Waals surface area contributed by atoms with Crippen LogP contribution in [0.1, 0.15) is 21.8 Å². The minimum atomic E-state index is -0.293. The van der Waals surface area contributed by atoms with E-state index in [9.17, 15) is 4.39 Å². The maximum absolute atomic E-state index is 12.9. The van der Waals surface area contributed by atoms with Crippen molar-refractivity contribution in [3.8, 4) is 0 Å². The lowest BCUT2D eigenvalue weighted by atomic mass is 10.2. The van der Waals surface area contributed by atoms with E-state index < -0.39 is 0 Å². The Balaban J connectivity index is 2.07. The van der Waals surface area contributed by atoms with Gasteiger partial charge in [0.25, 0.3) is 0 Å². The third-order valence-electron chi connectivity index (χ3n) is 3.36. The average molecular weight is 353 g/mol. The molecule has 0 aliphatic carbocycles. The molecule has 2 aromatic heterocycles. The van der Waals surface area contributed by atoms with E-state index in [4.69, 9.17) is 23.2 Å². The van der Waals surface area contributed by atoms with Crippen LogP contribution < -0.4 is 0 Å². The topological polar surface area (TPSA) is 25.8 Å². The Kier molecular flexibility index (Phi) is 4.17. The van der Waals surface area contributed by atoms with Crippen molar-refractivity contribution in [2.24, 2.45) is 0 Å². The Labute approximate surface area is 141 Å². The van der Waals surface area contributed by atoms with Gasteiger partial charge >= 0.3 is 0 Å². The van der Waals surface area contributed by atoms with E-state index in [1.807, 2.05) is 13.8 Å². The van der Waals surface area contributed by atoms with Gasteiger partial charge in [-0.2, -0.15) is 0 Å². The van der Waals surface area contributed by atoms with Crippen molar-refractivity contribution in [2.45, 2.75) is 13.8 Å². The monoisotopic (exact) mass is 352 g/mol. The predicted octanol–water partition coefficient (Wildman–Crippen LogP) is 5.84. The van der Waals surface area contributed by atoms with Crippen molar-refractivity contribution in [3.63, 3.8) is 0 Å². The maximum atomic E-state index is 12.9. The van der Waals surface area contributed by atoms with Crippen LogP contribution in [0.2, 0.25) is 5.15 Å². The summed E-state index contributed by atoms with van der Waals surface area (Å²) in [6.45, 7) is 4.02. The molecule has 2 heterocycles. The second-order valence-electron chi connectivity index (χ2n) is 4.85. The molecule has 1 aromatic carbocycles. The van der Waals surface area contributed by atoms with Crippen LogP contribution in [-0.2, 0) is 0 Å². The average Bonchev–Trinajstić information content (AvgIpc) is 2.77. The summed E-state index contributed by atoms with van der Waals surface area (Å²) in [5.74, 6) is 0.0725. The van der Waals surface area contributed by atoms with Gasteiger partial charge in [-0.1, -0.05) is 35.3 Å². The fraction of sp³-hybridized carbons (Fsp3) is 0.125. The summed E-state index contributed by atoms with van der Waals surface area (Å²) in [6, 6.07) is 6.02. The Bertz CT molecular complexity index is 885. The van der Waals surface area contributed by atoms with Crippen molar-refractivity contribution in [1.82, 2.24) is 9.97 Å². The first kappa shape index (κ1) is 15.4. The minimum absolute atomic E-state index is 0.293. The number of thiophene rings is 1. The molecule has 0 atom stereocenters. The van der Waals surface area contributed by atoms with E-state index in [0.29, 0.717) is 16.0 Å². The molecule has 0 N–H and O–H groups in total. The molecule has 0 radical (unpaired) electrons. The number of halogens is 3. The number of benzene rings is 1. The largest absolute Gasteiger partial charge is 0.216 e. The Morgan fingerprint density at radius 2 is 1.86 bits per heavy atom. The molecule has 0 amide bonds. The Hall–Kier alpha value is -1.49. The molecule has 0 bridgehead atoms. The van der Waals surface area contributed by atoms with Crippen molar-refractivity contribution in [2.75, 3.05) is 0 Å². The van der Waals surface area contributed by atoms with Crippen LogP contribution >= 0.6 is 34.5 Å². The van der Waals surface area contributed by atoms with Crippen LogP contribution in [0.3, 0.4) is 0 Å². The van der Waals surface area contributed by atoms with Gasteiger partial charge in [0.05, 0.1) is 10.4 Å². The Morgan fingerprint density at radius 3 is 2.55 bits per heavy atom. The molecule has 6 heteroatoms. The Morgan fingerprint density at radius 1 is 1.18 bits per heavy atom. The predicted molar refractivity (Wildman–Crippen MR) is 92.0 cm³/mol. The fourth-order valence-electron chi connectivity index (χ4n) is 2.08. The quantitative estimate of drug-likeness (QED) is 0.541. The zero-order chi connectivity index (χ0) is 15.9. The first-order valence-corrected chi connectivity index (χ1v) is 8.09. The number of fused-ring (bicyclic) bond motifs is 1. The first-order chi connectivity index (χ1) is 10.5. The van der Waals surface area contributed by atoms with E-state index in [2.05, 4.69) is 9.97 Å². The summed E-state index contributed by atoms with van der Waals surface area (Å²) in [6.07, 6.45) is 1.69. The highest BCUT2D eigenvalue weighted by molar-refractivity contribution is 7.18. The van der Waals surface area contributed by atoms with Crippen LogP contribution in [0.4, 0.5) is 4.39 Å². The van der Waals surface area contributed by atoms with Gasteiger partial charge in [0.15, 0.2) is 5.82 Å². The van der Waals surface area contributed by atoms with Crippen LogP contribution in [0.25, 0.3) is 21.3 Å². The van der Waals surface area contributed by atoms with Gasteiger partial charge in [0.2, 0.25) is 0 Å². The first-order valence-electron chi connectivity index (χ1n) is 6.52. The lowest BCUT2D eigenvalue weighted by molar-refractivity contribution is 0.628. The third kappa shape index (κ3) is 2.86. The van der Waals surface area contributed by atoms with Gasteiger partial charge in [-0.25, -0.2) is 14.4 Å². The number of nitrogens with zero attached hydrogens (tertiary/aromatic N) is 2. The molecule has 2 nitrogen and oxygen atoms in total. The highest BCUT2D eigenvalue weighted by Crippen LogP contribution is 2.34. The summed E-state index contributed by atoms with van der Waals surface area (Å²) >= 11 is 14.1. The van der Waals surface area contributed by atoms with Crippen LogP contribution in [-0.4, -0.2) is 9.97 Å². The fourth-order valence-corrected chi connectivity index (χ4v) is 3.68. The maximum Gasteiger partial charge on any atom is 0.173 e. The molecule has 3 aromatic rings. The summed E-state index contributed by atoms with van der Waals surface area (Å²) in [5.41, 5.74) is 1.86. The molecule has 22 heavy (non-hydrogen) atoms. The zero-order valence-electron chi connectivity index (χ0n) is 11.8. The molecule has 0 aliphatic heterocycles. The summed E-state index contributed by atoms with van der Waals surface area (Å²) in [4.78, 5) is 10.7. The standard InChI is InChI=1S/C16H11Cl2FN2S/c1-8-9(2)22-16-13(8)14(18)20-15(21-16)12(17)7-10-3-5-11(19)6-4-10/h3-7H,1-2H3/b12-7-. The molecule has 112 valence electrons. The number of aryl methyl sites for hydroxylation is 2. The van der Waals surface area contributed by atoms with Gasteiger partial charge in [-0.3, -0.25) is 0 Å². The van der Waals surface area contributed by atoms with E-state index in [1.165, 1.54) is 12.1 Å². The SMILES string of the molecule is Cc1sc2nc(/C(Cl)=C/c3ccc(F)cc3)nc(Cl)c2c1C. The second kappa shape index (κ2) is 5.95. The molecule has 0 spiro atoms. The minimum Gasteiger partial charge on any atom is -0.216 e. The third-order valence-corrected chi connectivity index (χ3v) is 5.01. The van der Waals surface area contributed by atoms with Gasteiger partial charge in [-0.15, -0.1) is 11.3 Å². The molecular weight excluding hydrogens is 342 g/mol. The van der Waals surface area contributed by atoms with Gasteiger partial charge in [-0.05, 0) is 43.2 Å². The highest BCUT2D eigenvalue weighted by Gasteiger charge is 2.14. The van der Waals surface area contributed by atoms with Crippen LogP contribution in [0, 0.1) is 19.7 Å². The van der Waals surface area contributed by atoms with Gasteiger partial charge < -0.3 is 0 Å². The number of hydrogen-bond acceptors (Lipinski definition) is 3.